The van der Waals surface area contributed by atoms with Gasteiger partial charge in [0, 0.05) is 29.5 Å². The van der Waals surface area contributed by atoms with E-state index in [1.54, 1.807) is 24.2 Å². The minimum atomic E-state index is 0.176. The van der Waals surface area contributed by atoms with Crippen LogP contribution in [0.5, 0.6) is 0 Å². The number of amides is 1. The number of anilines is 1. The lowest BCUT2D eigenvalue weighted by Gasteiger charge is -2.22. The summed E-state index contributed by atoms with van der Waals surface area (Å²) in [7, 11) is 0. The summed E-state index contributed by atoms with van der Waals surface area (Å²) in [6.45, 7) is 0.847. The van der Waals surface area contributed by atoms with Gasteiger partial charge in [-0.25, -0.2) is 0 Å². The van der Waals surface area contributed by atoms with E-state index in [0.29, 0.717) is 11.7 Å². The predicted octanol–water partition coefficient (Wildman–Crippen LogP) is 3.62. The molecule has 1 aliphatic carbocycles. The number of hydrogen-bond acceptors (Lipinski definition) is 3. The van der Waals surface area contributed by atoms with Crippen LogP contribution in [0.3, 0.4) is 0 Å². The number of thioether (sulfide) groups is 1. The molecule has 3 rings (SSSR count). The highest BCUT2D eigenvalue weighted by Crippen LogP contribution is 2.32. The molecule has 4 heteroatoms. The van der Waals surface area contributed by atoms with Gasteiger partial charge in [-0.05, 0) is 43.0 Å². The highest BCUT2D eigenvalue weighted by molar-refractivity contribution is 8.00. The number of nitrogens with zero attached hydrogens (tertiary/aromatic N) is 2. The first kappa shape index (κ1) is 14.1. The minimum Gasteiger partial charge on any atom is -0.311 e. The molecule has 1 amide bonds. The van der Waals surface area contributed by atoms with Crippen molar-refractivity contribution in [2.24, 2.45) is 5.92 Å². The van der Waals surface area contributed by atoms with Gasteiger partial charge in [0.2, 0.25) is 5.91 Å². The molecule has 0 atom stereocenters. The Bertz CT molecular complexity index is 584. The SMILES string of the molecule is O=C(CSc1ccncc1)N(CC1CC1)c1ccccc1. The van der Waals surface area contributed by atoms with E-state index in [1.165, 1.54) is 12.8 Å². The Morgan fingerprint density at radius 2 is 1.86 bits per heavy atom. The molecule has 1 aromatic heterocycles. The summed E-state index contributed by atoms with van der Waals surface area (Å²) >= 11 is 1.57. The zero-order valence-electron chi connectivity index (χ0n) is 11.8. The maximum absolute atomic E-state index is 12.6. The Balaban J connectivity index is 1.66. The maximum Gasteiger partial charge on any atom is 0.237 e. The van der Waals surface area contributed by atoms with Crippen molar-refractivity contribution in [3.05, 3.63) is 54.9 Å². The molecule has 2 aromatic rings. The molecule has 1 aromatic carbocycles. The second kappa shape index (κ2) is 6.76. The first-order chi connectivity index (χ1) is 10.3. The topological polar surface area (TPSA) is 33.2 Å². The number of carbonyl (C=O) groups is 1. The smallest absolute Gasteiger partial charge is 0.237 e. The van der Waals surface area contributed by atoms with Crippen molar-refractivity contribution in [2.75, 3.05) is 17.2 Å². The van der Waals surface area contributed by atoms with Gasteiger partial charge in [-0.2, -0.15) is 0 Å². The summed E-state index contributed by atoms with van der Waals surface area (Å²) < 4.78 is 0. The second-order valence-corrected chi connectivity index (χ2v) is 6.30. The quantitative estimate of drug-likeness (QED) is 0.764. The van der Waals surface area contributed by atoms with Gasteiger partial charge in [0.25, 0.3) is 0 Å². The van der Waals surface area contributed by atoms with Crippen molar-refractivity contribution in [1.29, 1.82) is 0 Å². The third kappa shape index (κ3) is 4.08. The minimum absolute atomic E-state index is 0.176. The number of carbonyl (C=O) groups excluding carboxylic acids is 1. The zero-order valence-corrected chi connectivity index (χ0v) is 12.6. The molecule has 3 nitrogen and oxygen atoms in total. The van der Waals surface area contributed by atoms with Gasteiger partial charge >= 0.3 is 0 Å². The van der Waals surface area contributed by atoms with E-state index in [1.807, 2.05) is 47.4 Å². The van der Waals surface area contributed by atoms with Gasteiger partial charge in [0.05, 0.1) is 5.75 Å². The van der Waals surface area contributed by atoms with E-state index in [-0.39, 0.29) is 5.91 Å². The maximum atomic E-state index is 12.6. The Morgan fingerprint density at radius 1 is 1.14 bits per heavy atom. The van der Waals surface area contributed by atoms with Crippen LogP contribution < -0.4 is 4.90 Å². The molecule has 1 aliphatic rings. The van der Waals surface area contributed by atoms with Crippen LogP contribution in [0.2, 0.25) is 0 Å². The largest absolute Gasteiger partial charge is 0.311 e. The number of benzene rings is 1. The molecular formula is C17H18N2OS. The van der Waals surface area contributed by atoms with E-state index in [4.69, 9.17) is 0 Å². The van der Waals surface area contributed by atoms with Crippen molar-refractivity contribution >= 4 is 23.4 Å². The van der Waals surface area contributed by atoms with Gasteiger partial charge in [-0.15, -0.1) is 11.8 Å². The van der Waals surface area contributed by atoms with Crippen molar-refractivity contribution in [3.63, 3.8) is 0 Å². The number of para-hydroxylation sites is 1. The number of aromatic nitrogens is 1. The third-order valence-electron chi connectivity index (χ3n) is 3.52. The molecule has 21 heavy (non-hydrogen) atoms. The molecule has 1 heterocycles. The fourth-order valence-corrected chi connectivity index (χ4v) is 2.94. The Morgan fingerprint density at radius 3 is 2.52 bits per heavy atom. The molecule has 0 bridgehead atoms. The lowest BCUT2D eigenvalue weighted by atomic mass is 10.2. The molecule has 0 unspecified atom stereocenters. The van der Waals surface area contributed by atoms with Crippen LogP contribution in [0, 0.1) is 5.92 Å². The molecule has 1 saturated carbocycles. The number of hydrogen-bond donors (Lipinski definition) is 0. The van der Waals surface area contributed by atoms with Gasteiger partial charge in [-0.3, -0.25) is 9.78 Å². The zero-order chi connectivity index (χ0) is 14.5. The van der Waals surface area contributed by atoms with Crippen LogP contribution in [0.25, 0.3) is 0 Å². The van der Waals surface area contributed by atoms with Crippen LogP contribution >= 0.6 is 11.8 Å². The Kier molecular flexibility index (Phi) is 4.55. The van der Waals surface area contributed by atoms with E-state index in [0.717, 1.165) is 17.1 Å². The number of pyridine rings is 1. The standard InChI is InChI=1S/C17H18N2OS/c20-17(13-21-16-8-10-18-11-9-16)19(12-14-6-7-14)15-4-2-1-3-5-15/h1-5,8-11,14H,6-7,12-13H2. The molecule has 1 fully saturated rings. The fraction of sp³-hybridized carbons (Fsp3) is 0.294. The average molecular weight is 298 g/mol. The van der Waals surface area contributed by atoms with Crippen molar-refractivity contribution in [2.45, 2.75) is 17.7 Å². The molecule has 0 saturated heterocycles. The molecule has 0 spiro atoms. The van der Waals surface area contributed by atoms with E-state index in [2.05, 4.69) is 4.98 Å². The van der Waals surface area contributed by atoms with Crippen molar-refractivity contribution in [1.82, 2.24) is 4.98 Å². The van der Waals surface area contributed by atoms with Crippen molar-refractivity contribution < 1.29 is 4.79 Å². The third-order valence-corrected chi connectivity index (χ3v) is 4.52. The summed E-state index contributed by atoms with van der Waals surface area (Å²) in [5.41, 5.74) is 1.00. The fourth-order valence-electron chi connectivity index (χ4n) is 2.18. The average Bonchev–Trinajstić information content (AvgIpc) is 3.36. The summed E-state index contributed by atoms with van der Waals surface area (Å²) in [6, 6.07) is 13.8. The van der Waals surface area contributed by atoms with Gasteiger partial charge in [0.1, 0.15) is 0 Å². The van der Waals surface area contributed by atoms with Gasteiger partial charge < -0.3 is 4.90 Å². The van der Waals surface area contributed by atoms with E-state index in [9.17, 15) is 4.79 Å². The monoisotopic (exact) mass is 298 g/mol. The van der Waals surface area contributed by atoms with Crippen LogP contribution in [0.4, 0.5) is 5.69 Å². The number of rotatable bonds is 6. The van der Waals surface area contributed by atoms with Crippen LogP contribution in [0.15, 0.2) is 59.8 Å². The Labute approximate surface area is 129 Å². The summed E-state index contributed by atoms with van der Waals surface area (Å²) in [6.07, 6.45) is 6.00. The summed E-state index contributed by atoms with van der Waals surface area (Å²) in [4.78, 5) is 19.6. The van der Waals surface area contributed by atoms with E-state index >= 15 is 0 Å². The molecule has 0 aliphatic heterocycles. The highest BCUT2D eigenvalue weighted by atomic mass is 32.2. The lowest BCUT2D eigenvalue weighted by molar-refractivity contribution is -0.116. The first-order valence-electron chi connectivity index (χ1n) is 7.21. The summed E-state index contributed by atoms with van der Waals surface area (Å²) in [5, 5.41) is 0. The van der Waals surface area contributed by atoms with Crippen molar-refractivity contribution in [3.8, 4) is 0 Å². The highest BCUT2D eigenvalue weighted by Gasteiger charge is 2.27. The molecule has 0 N–H and O–H groups in total. The van der Waals surface area contributed by atoms with Gasteiger partial charge in [-0.1, -0.05) is 18.2 Å². The van der Waals surface area contributed by atoms with Gasteiger partial charge in [0.15, 0.2) is 0 Å². The first-order valence-corrected chi connectivity index (χ1v) is 8.20. The predicted molar refractivity (Wildman–Crippen MR) is 86.5 cm³/mol. The van der Waals surface area contributed by atoms with E-state index < -0.39 is 0 Å². The van der Waals surface area contributed by atoms with Crippen LogP contribution in [-0.2, 0) is 4.79 Å². The molecular weight excluding hydrogens is 280 g/mol. The lowest BCUT2D eigenvalue weighted by Crippen LogP contribution is -2.34. The normalized spacial score (nSPS) is 13.9. The van der Waals surface area contributed by atoms with Crippen LogP contribution in [-0.4, -0.2) is 23.2 Å². The Hall–Kier alpha value is -1.81. The summed E-state index contributed by atoms with van der Waals surface area (Å²) in [5.74, 6) is 1.32. The molecule has 0 radical (unpaired) electrons. The molecule has 108 valence electrons. The second-order valence-electron chi connectivity index (χ2n) is 5.25. The van der Waals surface area contributed by atoms with Crippen LogP contribution in [0.1, 0.15) is 12.8 Å².